The number of rotatable bonds is 7. The number of hydrogen-bond acceptors (Lipinski definition) is 4. The van der Waals surface area contributed by atoms with Crippen LogP contribution >= 0.6 is 0 Å². The van der Waals surface area contributed by atoms with E-state index in [1.807, 2.05) is 77.5 Å². The first-order valence-corrected chi connectivity index (χ1v) is 11.8. The van der Waals surface area contributed by atoms with Crippen LogP contribution in [0.5, 0.6) is 0 Å². The number of piperazine rings is 1. The molecule has 0 atom stereocenters. The van der Waals surface area contributed by atoms with Crippen LogP contribution in [0, 0.1) is 12.7 Å². The Labute approximate surface area is 206 Å². The van der Waals surface area contributed by atoms with Gasteiger partial charge < -0.3 is 14.7 Å². The zero-order chi connectivity index (χ0) is 24.8. The number of halogens is 1. The highest BCUT2D eigenvalue weighted by molar-refractivity contribution is 5.81. The highest BCUT2D eigenvalue weighted by atomic mass is 19.1. The summed E-state index contributed by atoms with van der Waals surface area (Å²) >= 11 is 0. The normalized spacial score (nSPS) is 14.1. The number of anilines is 1. The van der Waals surface area contributed by atoms with Gasteiger partial charge in [-0.15, -0.1) is 0 Å². The van der Waals surface area contributed by atoms with Crippen LogP contribution in [-0.4, -0.2) is 53.4 Å². The van der Waals surface area contributed by atoms with Gasteiger partial charge in [-0.2, -0.15) is 0 Å². The van der Waals surface area contributed by atoms with Gasteiger partial charge in [-0.05, 0) is 60.4 Å². The molecule has 0 radical (unpaired) electrons. The predicted octanol–water partition coefficient (Wildman–Crippen LogP) is 5.21. The molecule has 180 valence electrons. The van der Waals surface area contributed by atoms with E-state index in [1.165, 1.54) is 6.07 Å². The van der Waals surface area contributed by atoms with E-state index in [2.05, 4.69) is 16.5 Å². The number of nitrogens with zero attached hydrogens (tertiary/aromatic N) is 4. The number of aromatic nitrogens is 1. The van der Waals surface area contributed by atoms with Gasteiger partial charge in [0.15, 0.2) is 0 Å². The molecule has 0 saturated carbocycles. The van der Waals surface area contributed by atoms with E-state index in [-0.39, 0.29) is 18.3 Å². The molecule has 1 fully saturated rings. The Balaban J connectivity index is 1.51. The molecule has 0 spiro atoms. The Kier molecular flexibility index (Phi) is 7.60. The van der Waals surface area contributed by atoms with Gasteiger partial charge in [0.05, 0.1) is 0 Å². The SMILES string of the molecule is C=C(c1ccccc1)N(/C=C(\C)c1ccc(F)c(C)c1)CC(=O)N1CCN(c2ccccn2)CC1. The highest BCUT2D eigenvalue weighted by Gasteiger charge is 2.24. The lowest BCUT2D eigenvalue weighted by molar-refractivity contribution is -0.131. The third kappa shape index (κ3) is 5.96. The maximum Gasteiger partial charge on any atom is 0.242 e. The summed E-state index contributed by atoms with van der Waals surface area (Å²) in [5, 5.41) is 0. The minimum absolute atomic E-state index is 0.0436. The summed E-state index contributed by atoms with van der Waals surface area (Å²) in [5.41, 5.74) is 4.11. The topological polar surface area (TPSA) is 39.7 Å². The van der Waals surface area contributed by atoms with Crippen molar-refractivity contribution >= 4 is 23.0 Å². The largest absolute Gasteiger partial charge is 0.353 e. The minimum atomic E-state index is -0.230. The van der Waals surface area contributed by atoms with Crippen molar-refractivity contribution in [1.29, 1.82) is 0 Å². The molecule has 0 aliphatic carbocycles. The number of pyridine rings is 1. The van der Waals surface area contributed by atoms with E-state index in [4.69, 9.17) is 0 Å². The summed E-state index contributed by atoms with van der Waals surface area (Å²) in [4.78, 5) is 23.8. The highest BCUT2D eigenvalue weighted by Crippen LogP contribution is 2.23. The van der Waals surface area contributed by atoms with Crippen molar-refractivity contribution in [3.8, 4) is 0 Å². The number of carbonyl (C=O) groups excluding carboxylic acids is 1. The van der Waals surface area contributed by atoms with Gasteiger partial charge >= 0.3 is 0 Å². The van der Waals surface area contributed by atoms with Crippen LogP contribution in [0.2, 0.25) is 0 Å². The molecule has 2 heterocycles. The van der Waals surface area contributed by atoms with Crippen molar-refractivity contribution < 1.29 is 9.18 Å². The third-order valence-corrected chi connectivity index (χ3v) is 6.33. The van der Waals surface area contributed by atoms with Crippen molar-refractivity contribution in [1.82, 2.24) is 14.8 Å². The molecule has 5 nitrogen and oxygen atoms in total. The number of amides is 1. The van der Waals surface area contributed by atoms with Crippen LogP contribution in [-0.2, 0) is 4.79 Å². The molecule has 1 aliphatic heterocycles. The average molecular weight is 471 g/mol. The fourth-order valence-corrected chi connectivity index (χ4v) is 4.19. The van der Waals surface area contributed by atoms with Crippen molar-refractivity contribution in [2.24, 2.45) is 0 Å². The zero-order valence-corrected chi connectivity index (χ0v) is 20.3. The van der Waals surface area contributed by atoms with Gasteiger partial charge in [-0.3, -0.25) is 4.79 Å². The van der Waals surface area contributed by atoms with Crippen LogP contribution in [0.1, 0.15) is 23.6 Å². The molecule has 4 rings (SSSR count). The maximum atomic E-state index is 13.8. The molecule has 0 unspecified atom stereocenters. The molecule has 3 aromatic rings. The number of carbonyl (C=O) groups is 1. The van der Waals surface area contributed by atoms with E-state index in [1.54, 1.807) is 19.2 Å². The van der Waals surface area contributed by atoms with Crippen molar-refractivity contribution in [2.45, 2.75) is 13.8 Å². The fraction of sp³-hybridized carbons (Fsp3) is 0.241. The Morgan fingerprint density at radius 1 is 1.03 bits per heavy atom. The number of aryl methyl sites for hydroxylation is 1. The summed E-state index contributed by atoms with van der Waals surface area (Å²) in [6.07, 6.45) is 3.72. The summed E-state index contributed by atoms with van der Waals surface area (Å²) in [7, 11) is 0. The molecule has 1 amide bonds. The van der Waals surface area contributed by atoms with E-state index in [0.29, 0.717) is 18.7 Å². The molecule has 0 N–H and O–H groups in total. The van der Waals surface area contributed by atoms with Crippen molar-refractivity contribution in [2.75, 3.05) is 37.6 Å². The van der Waals surface area contributed by atoms with Gasteiger partial charge in [0.25, 0.3) is 0 Å². The molecule has 1 aromatic heterocycles. The molecule has 6 heteroatoms. The van der Waals surface area contributed by atoms with Gasteiger partial charge in [-0.1, -0.05) is 49.0 Å². The van der Waals surface area contributed by atoms with E-state index in [0.717, 1.165) is 41.3 Å². The van der Waals surface area contributed by atoms with Gasteiger partial charge in [0, 0.05) is 44.3 Å². The summed E-state index contributed by atoms with van der Waals surface area (Å²) in [6, 6.07) is 20.8. The smallest absolute Gasteiger partial charge is 0.242 e. The number of allylic oxidation sites excluding steroid dienone is 1. The monoisotopic (exact) mass is 470 g/mol. The second kappa shape index (κ2) is 11.0. The summed E-state index contributed by atoms with van der Waals surface area (Å²) < 4.78 is 13.8. The summed E-state index contributed by atoms with van der Waals surface area (Å²) in [5.74, 6) is 0.751. The maximum absolute atomic E-state index is 13.8. The van der Waals surface area contributed by atoms with Crippen LogP contribution in [0.4, 0.5) is 10.2 Å². The Morgan fingerprint density at radius 3 is 2.40 bits per heavy atom. The molecule has 1 saturated heterocycles. The van der Waals surface area contributed by atoms with Crippen LogP contribution < -0.4 is 4.90 Å². The molecular formula is C29H31FN4O. The quantitative estimate of drug-likeness (QED) is 0.475. The number of benzene rings is 2. The predicted molar refractivity (Wildman–Crippen MR) is 140 cm³/mol. The van der Waals surface area contributed by atoms with Crippen LogP contribution in [0.15, 0.2) is 85.7 Å². The molecule has 1 aliphatic rings. The van der Waals surface area contributed by atoms with E-state index >= 15 is 0 Å². The first-order valence-electron chi connectivity index (χ1n) is 11.8. The van der Waals surface area contributed by atoms with Crippen LogP contribution in [0.25, 0.3) is 11.3 Å². The van der Waals surface area contributed by atoms with Crippen molar-refractivity contribution in [3.05, 3.63) is 108 Å². The van der Waals surface area contributed by atoms with E-state index < -0.39 is 0 Å². The minimum Gasteiger partial charge on any atom is -0.353 e. The first-order chi connectivity index (χ1) is 16.9. The Hall–Kier alpha value is -3.93. The van der Waals surface area contributed by atoms with Gasteiger partial charge in [-0.25, -0.2) is 9.37 Å². The van der Waals surface area contributed by atoms with Gasteiger partial charge in [0.2, 0.25) is 5.91 Å². The second-order valence-electron chi connectivity index (χ2n) is 8.77. The average Bonchev–Trinajstić information content (AvgIpc) is 2.90. The standard InChI is InChI=1S/C29H31FN4O/c1-22-19-26(12-13-27(22)30)23(2)20-34(24(3)25-9-5-4-6-10-25)21-29(35)33-17-15-32(16-18-33)28-11-7-8-14-31-28/h4-14,19-20H,3,15-18,21H2,1-2H3/b23-20+. The fourth-order valence-electron chi connectivity index (χ4n) is 4.19. The van der Waals surface area contributed by atoms with E-state index in [9.17, 15) is 9.18 Å². The first kappa shape index (κ1) is 24.2. The molecule has 35 heavy (non-hydrogen) atoms. The van der Waals surface area contributed by atoms with Crippen molar-refractivity contribution in [3.63, 3.8) is 0 Å². The van der Waals surface area contributed by atoms with Crippen LogP contribution in [0.3, 0.4) is 0 Å². The Bertz CT molecular complexity index is 1200. The van der Waals surface area contributed by atoms with Gasteiger partial charge in [0.1, 0.15) is 18.2 Å². The molecule has 0 bridgehead atoms. The Morgan fingerprint density at radius 2 is 1.74 bits per heavy atom. The zero-order valence-electron chi connectivity index (χ0n) is 20.3. The third-order valence-electron chi connectivity index (χ3n) is 6.33. The molecule has 2 aromatic carbocycles. The lowest BCUT2D eigenvalue weighted by atomic mass is 10.0. The summed E-state index contributed by atoms with van der Waals surface area (Å²) in [6.45, 7) is 10.9. The lowest BCUT2D eigenvalue weighted by Gasteiger charge is -2.36. The number of hydrogen-bond donors (Lipinski definition) is 0. The second-order valence-corrected chi connectivity index (χ2v) is 8.77. The lowest BCUT2D eigenvalue weighted by Crippen LogP contribution is -2.51. The molecular weight excluding hydrogens is 439 g/mol.